The quantitative estimate of drug-likeness (QED) is 0.907. The van der Waals surface area contributed by atoms with Crippen molar-refractivity contribution in [3.8, 4) is 5.75 Å². The van der Waals surface area contributed by atoms with E-state index >= 15 is 0 Å². The van der Waals surface area contributed by atoms with E-state index in [1.54, 1.807) is 0 Å². The van der Waals surface area contributed by atoms with E-state index in [1.807, 2.05) is 18.2 Å². The topological polar surface area (TPSA) is 49.8 Å². The Balaban J connectivity index is 1.57. The van der Waals surface area contributed by atoms with Gasteiger partial charge in [-0.3, -0.25) is 4.79 Å². The Bertz CT molecular complexity index is 523. The van der Waals surface area contributed by atoms with Gasteiger partial charge >= 0.3 is 0 Å². The van der Waals surface area contributed by atoms with Gasteiger partial charge in [0.1, 0.15) is 18.5 Å². The molecule has 1 aromatic carbocycles. The third-order valence-electron chi connectivity index (χ3n) is 4.61. The number of fused-ring (bicyclic) bond motifs is 1. The van der Waals surface area contributed by atoms with E-state index in [-0.39, 0.29) is 5.78 Å². The van der Waals surface area contributed by atoms with Crippen LogP contribution in [-0.2, 0) is 6.42 Å². The van der Waals surface area contributed by atoms with Gasteiger partial charge in [0.25, 0.3) is 0 Å². The van der Waals surface area contributed by atoms with Crippen LogP contribution >= 0.6 is 0 Å². The van der Waals surface area contributed by atoms with Crippen LogP contribution in [0.4, 0.5) is 0 Å². The Morgan fingerprint density at radius 1 is 1.14 bits per heavy atom. The van der Waals surface area contributed by atoms with E-state index in [0.29, 0.717) is 19.6 Å². The third-order valence-corrected chi connectivity index (χ3v) is 4.61. The minimum atomic E-state index is -0.478. The molecule has 1 atom stereocenters. The van der Waals surface area contributed by atoms with Crippen molar-refractivity contribution in [2.75, 3.05) is 26.2 Å². The Labute approximate surface area is 132 Å². The molecule has 0 saturated carbocycles. The number of aliphatic hydroxyl groups excluding tert-OH is 1. The zero-order valence-electron chi connectivity index (χ0n) is 13.1. The molecule has 0 amide bonds. The SMILES string of the molecule is O=C1CCCc2c(OC[C@@H](O)CN3CCCCC3)cccc21. The lowest BCUT2D eigenvalue weighted by atomic mass is 9.90. The van der Waals surface area contributed by atoms with Gasteiger partial charge in [0, 0.05) is 24.1 Å². The molecule has 1 saturated heterocycles. The second-order valence-corrected chi connectivity index (χ2v) is 6.39. The van der Waals surface area contributed by atoms with Crippen LogP contribution in [0.15, 0.2) is 18.2 Å². The summed E-state index contributed by atoms with van der Waals surface area (Å²) in [7, 11) is 0. The first-order valence-corrected chi connectivity index (χ1v) is 8.42. The minimum Gasteiger partial charge on any atom is -0.491 e. The molecule has 3 rings (SSSR count). The fourth-order valence-corrected chi connectivity index (χ4v) is 3.46. The lowest BCUT2D eigenvalue weighted by molar-refractivity contribution is 0.0613. The number of carbonyl (C=O) groups is 1. The molecule has 4 heteroatoms. The van der Waals surface area contributed by atoms with Crippen molar-refractivity contribution in [2.45, 2.75) is 44.6 Å². The maximum absolute atomic E-state index is 11.9. The van der Waals surface area contributed by atoms with Crippen molar-refractivity contribution < 1.29 is 14.6 Å². The lowest BCUT2D eigenvalue weighted by Crippen LogP contribution is -2.38. The van der Waals surface area contributed by atoms with Crippen LogP contribution in [-0.4, -0.2) is 48.1 Å². The molecule has 1 fully saturated rings. The number of β-amino-alcohol motifs (C(OH)–C–C–N with tert-alkyl or cyclic N) is 1. The minimum absolute atomic E-state index is 0.209. The van der Waals surface area contributed by atoms with Gasteiger partial charge < -0.3 is 14.7 Å². The van der Waals surface area contributed by atoms with E-state index < -0.39 is 6.10 Å². The summed E-state index contributed by atoms with van der Waals surface area (Å²) < 4.78 is 5.83. The molecule has 1 aliphatic heterocycles. The molecule has 0 spiro atoms. The maximum atomic E-state index is 11.9. The van der Waals surface area contributed by atoms with E-state index in [9.17, 15) is 9.90 Å². The average Bonchev–Trinajstić information content (AvgIpc) is 2.54. The van der Waals surface area contributed by atoms with Crippen LogP contribution in [0.3, 0.4) is 0 Å². The smallest absolute Gasteiger partial charge is 0.163 e. The summed E-state index contributed by atoms with van der Waals surface area (Å²) >= 11 is 0. The first-order chi connectivity index (χ1) is 10.7. The largest absolute Gasteiger partial charge is 0.491 e. The maximum Gasteiger partial charge on any atom is 0.163 e. The molecule has 0 bridgehead atoms. The van der Waals surface area contributed by atoms with Crippen LogP contribution in [0.2, 0.25) is 0 Å². The number of hydrogen-bond donors (Lipinski definition) is 1. The highest BCUT2D eigenvalue weighted by Gasteiger charge is 2.21. The highest BCUT2D eigenvalue weighted by molar-refractivity contribution is 5.99. The number of rotatable bonds is 5. The number of carbonyl (C=O) groups excluding carboxylic acids is 1. The second kappa shape index (κ2) is 7.25. The van der Waals surface area contributed by atoms with Crippen molar-refractivity contribution >= 4 is 5.78 Å². The van der Waals surface area contributed by atoms with Gasteiger partial charge in [-0.1, -0.05) is 18.6 Å². The standard InChI is InChI=1S/C18H25NO3/c20-14(12-19-10-2-1-3-11-19)13-22-18-9-5-6-15-16(18)7-4-8-17(15)21/h5-6,9,14,20H,1-4,7-8,10-13H2/t14-/m0/s1. The summed E-state index contributed by atoms with van der Waals surface area (Å²) in [5.41, 5.74) is 1.82. The Kier molecular flexibility index (Phi) is 5.11. The van der Waals surface area contributed by atoms with E-state index in [1.165, 1.54) is 19.3 Å². The van der Waals surface area contributed by atoms with Crippen molar-refractivity contribution in [1.29, 1.82) is 0 Å². The molecule has 0 radical (unpaired) electrons. The Morgan fingerprint density at radius 3 is 2.77 bits per heavy atom. The van der Waals surface area contributed by atoms with Crippen molar-refractivity contribution in [2.24, 2.45) is 0 Å². The van der Waals surface area contributed by atoms with Crippen LogP contribution in [0.5, 0.6) is 5.75 Å². The molecular weight excluding hydrogens is 278 g/mol. The summed E-state index contributed by atoms with van der Waals surface area (Å²) in [6, 6.07) is 5.66. The number of ketones is 1. The van der Waals surface area contributed by atoms with Gasteiger partial charge in [-0.15, -0.1) is 0 Å². The number of aliphatic hydroxyl groups is 1. The molecule has 0 unspecified atom stereocenters. The predicted molar refractivity (Wildman–Crippen MR) is 85.5 cm³/mol. The van der Waals surface area contributed by atoms with E-state index in [2.05, 4.69) is 4.90 Å². The number of benzene rings is 1. The predicted octanol–water partition coefficient (Wildman–Crippen LogP) is 2.43. The molecule has 0 aromatic heterocycles. The molecule has 1 aromatic rings. The molecular formula is C18H25NO3. The first-order valence-electron chi connectivity index (χ1n) is 8.42. The number of ether oxygens (including phenoxy) is 1. The highest BCUT2D eigenvalue weighted by Crippen LogP contribution is 2.29. The average molecular weight is 303 g/mol. The summed E-state index contributed by atoms with van der Waals surface area (Å²) in [4.78, 5) is 14.2. The van der Waals surface area contributed by atoms with Crippen molar-refractivity contribution in [3.63, 3.8) is 0 Å². The molecule has 120 valence electrons. The molecule has 1 heterocycles. The molecule has 4 nitrogen and oxygen atoms in total. The summed E-state index contributed by atoms with van der Waals surface area (Å²) in [5.74, 6) is 0.976. The van der Waals surface area contributed by atoms with Gasteiger partial charge in [-0.05, 0) is 44.8 Å². The van der Waals surface area contributed by atoms with Crippen LogP contribution in [0, 0.1) is 0 Å². The summed E-state index contributed by atoms with van der Waals surface area (Å²) in [6.45, 7) is 3.12. The number of piperidine rings is 1. The number of likely N-dealkylation sites (tertiary alicyclic amines) is 1. The van der Waals surface area contributed by atoms with Gasteiger partial charge in [0.2, 0.25) is 0 Å². The van der Waals surface area contributed by atoms with Crippen LogP contribution in [0.25, 0.3) is 0 Å². The summed E-state index contributed by atoms with van der Waals surface area (Å²) in [6.07, 6.45) is 5.68. The summed E-state index contributed by atoms with van der Waals surface area (Å²) in [5, 5.41) is 10.2. The van der Waals surface area contributed by atoms with Gasteiger partial charge in [-0.25, -0.2) is 0 Å². The van der Waals surface area contributed by atoms with Crippen molar-refractivity contribution in [3.05, 3.63) is 29.3 Å². The monoisotopic (exact) mass is 303 g/mol. The molecule has 22 heavy (non-hydrogen) atoms. The number of hydrogen-bond acceptors (Lipinski definition) is 4. The number of nitrogens with zero attached hydrogens (tertiary/aromatic N) is 1. The van der Waals surface area contributed by atoms with Crippen LogP contribution < -0.4 is 4.74 Å². The Hall–Kier alpha value is -1.39. The molecule has 1 aliphatic carbocycles. The first kappa shape index (κ1) is 15.5. The molecule has 2 aliphatic rings. The normalized spacial score (nSPS) is 20.5. The molecule has 1 N–H and O–H groups in total. The fraction of sp³-hybridized carbons (Fsp3) is 0.611. The zero-order valence-corrected chi connectivity index (χ0v) is 13.1. The third kappa shape index (κ3) is 3.68. The van der Waals surface area contributed by atoms with Crippen molar-refractivity contribution in [1.82, 2.24) is 4.90 Å². The van der Waals surface area contributed by atoms with Gasteiger partial charge in [-0.2, -0.15) is 0 Å². The van der Waals surface area contributed by atoms with Gasteiger partial charge in [0.15, 0.2) is 5.78 Å². The van der Waals surface area contributed by atoms with E-state index in [4.69, 9.17) is 4.74 Å². The number of Topliss-reactive ketones (excluding diaryl/α,β-unsaturated/α-hetero) is 1. The van der Waals surface area contributed by atoms with E-state index in [0.717, 1.165) is 42.8 Å². The Morgan fingerprint density at radius 2 is 1.95 bits per heavy atom. The highest BCUT2D eigenvalue weighted by atomic mass is 16.5. The fourth-order valence-electron chi connectivity index (χ4n) is 3.46. The lowest BCUT2D eigenvalue weighted by Gasteiger charge is -2.28. The second-order valence-electron chi connectivity index (χ2n) is 6.39. The zero-order chi connectivity index (χ0) is 15.4. The van der Waals surface area contributed by atoms with Gasteiger partial charge in [0.05, 0.1) is 0 Å². The van der Waals surface area contributed by atoms with Crippen LogP contribution in [0.1, 0.15) is 48.0 Å².